The molecule has 0 amide bonds. The van der Waals surface area contributed by atoms with Crippen molar-refractivity contribution >= 4 is 0 Å². The Morgan fingerprint density at radius 1 is 1.00 bits per heavy atom. The third-order valence-electron chi connectivity index (χ3n) is 3.87. The number of benzene rings is 1. The maximum Gasteiger partial charge on any atom is 0.0454 e. The summed E-state index contributed by atoms with van der Waals surface area (Å²) in [5, 5.41) is 3.66. The molecule has 0 saturated heterocycles. The van der Waals surface area contributed by atoms with Crippen LogP contribution in [0.25, 0.3) is 0 Å². The predicted octanol–water partition coefficient (Wildman–Crippen LogP) is 3.60. The molecule has 0 radical (unpaired) electrons. The number of nitrogens with one attached hydrogen (secondary N) is 1. The van der Waals surface area contributed by atoms with Gasteiger partial charge in [0.25, 0.3) is 0 Å². The van der Waals surface area contributed by atoms with Crippen molar-refractivity contribution in [3.63, 3.8) is 0 Å². The molecule has 2 heteroatoms. The summed E-state index contributed by atoms with van der Waals surface area (Å²) in [4.78, 5) is 2.49. The van der Waals surface area contributed by atoms with Crippen LogP contribution < -0.4 is 5.32 Å². The Balaban J connectivity index is 3.05. The minimum atomic E-state index is 0.436. The molecule has 0 aliphatic rings. The molecule has 0 spiro atoms. The molecule has 1 unspecified atom stereocenters. The van der Waals surface area contributed by atoms with Gasteiger partial charge in [-0.05, 0) is 57.1 Å². The van der Waals surface area contributed by atoms with Gasteiger partial charge in [0.2, 0.25) is 0 Å². The summed E-state index contributed by atoms with van der Waals surface area (Å²) in [5.41, 5.74) is 5.67. The first-order valence-electron chi connectivity index (χ1n) is 7.56. The summed E-state index contributed by atoms with van der Waals surface area (Å²) in [6.07, 6.45) is 0. The zero-order valence-electron chi connectivity index (χ0n) is 13.5. The number of hydrogen-bond acceptors (Lipinski definition) is 2. The molecular weight excluding hydrogens is 232 g/mol. The third-order valence-corrected chi connectivity index (χ3v) is 3.87. The average Bonchev–Trinajstić information content (AvgIpc) is 2.34. The molecule has 1 aromatic rings. The lowest BCUT2D eigenvalue weighted by Gasteiger charge is -2.28. The van der Waals surface area contributed by atoms with Crippen molar-refractivity contribution in [3.05, 3.63) is 34.4 Å². The highest BCUT2D eigenvalue weighted by Gasteiger charge is 2.17. The van der Waals surface area contributed by atoms with Gasteiger partial charge in [-0.15, -0.1) is 0 Å². The fourth-order valence-corrected chi connectivity index (χ4v) is 2.99. The second kappa shape index (κ2) is 7.66. The Labute approximate surface area is 119 Å². The number of rotatable bonds is 7. The topological polar surface area (TPSA) is 15.3 Å². The SMILES string of the molecule is CCNC(CN(CC)CC)c1c(C)cc(C)cc1C. The van der Waals surface area contributed by atoms with E-state index in [9.17, 15) is 0 Å². The number of hydrogen-bond donors (Lipinski definition) is 1. The van der Waals surface area contributed by atoms with Crippen molar-refractivity contribution < 1.29 is 0 Å². The molecule has 0 aliphatic heterocycles. The van der Waals surface area contributed by atoms with E-state index in [2.05, 4.69) is 63.9 Å². The van der Waals surface area contributed by atoms with Crippen LogP contribution in [0.2, 0.25) is 0 Å². The van der Waals surface area contributed by atoms with Crippen molar-refractivity contribution in [2.45, 2.75) is 47.6 Å². The zero-order chi connectivity index (χ0) is 14.4. The first kappa shape index (κ1) is 16.2. The standard InChI is InChI=1S/C17H30N2/c1-7-18-16(12-19(8-2)9-3)17-14(5)10-13(4)11-15(17)6/h10-11,16,18H,7-9,12H2,1-6H3. The lowest BCUT2D eigenvalue weighted by molar-refractivity contribution is 0.266. The predicted molar refractivity (Wildman–Crippen MR) is 84.9 cm³/mol. The normalized spacial score (nSPS) is 13.0. The molecule has 1 N–H and O–H groups in total. The van der Waals surface area contributed by atoms with E-state index in [4.69, 9.17) is 0 Å². The summed E-state index contributed by atoms with van der Waals surface area (Å²) in [6, 6.07) is 5.04. The molecular formula is C17H30N2. The van der Waals surface area contributed by atoms with E-state index in [-0.39, 0.29) is 0 Å². The van der Waals surface area contributed by atoms with Crippen LogP contribution in [0.4, 0.5) is 0 Å². The summed E-state index contributed by atoms with van der Waals surface area (Å²) in [7, 11) is 0. The van der Waals surface area contributed by atoms with Crippen molar-refractivity contribution in [1.82, 2.24) is 10.2 Å². The summed E-state index contributed by atoms with van der Waals surface area (Å²) in [5.74, 6) is 0. The average molecular weight is 262 g/mol. The lowest BCUT2D eigenvalue weighted by Crippen LogP contribution is -2.35. The molecule has 0 fully saturated rings. The van der Waals surface area contributed by atoms with Crippen molar-refractivity contribution in [1.29, 1.82) is 0 Å². The van der Waals surface area contributed by atoms with Gasteiger partial charge >= 0.3 is 0 Å². The van der Waals surface area contributed by atoms with Crippen molar-refractivity contribution in [3.8, 4) is 0 Å². The van der Waals surface area contributed by atoms with Gasteiger partial charge in [0.05, 0.1) is 0 Å². The monoisotopic (exact) mass is 262 g/mol. The lowest BCUT2D eigenvalue weighted by atomic mass is 9.93. The Bertz CT molecular complexity index is 371. The van der Waals surface area contributed by atoms with Crippen molar-refractivity contribution in [2.24, 2.45) is 0 Å². The molecule has 0 saturated carbocycles. The van der Waals surface area contributed by atoms with E-state index >= 15 is 0 Å². The van der Waals surface area contributed by atoms with E-state index in [1.807, 2.05) is 0 Å². The Morgan fingerprint density at radius 2 is 1.53 bits per heavy atom. The molecule has 0 bridgehead atoms. The Kier molecular flexibility index (Phi) is 6.53. The molecule has 1 rings (SSSR count). The quantitative estimate of drug-likeness (QED) is 0.807. The molecule has 19 heavy (non-hydrogen) atoms. The van der Waals surface area contributed by atoms with Gasteiger partial charge in [0.1, 0.15) is 0 Å². The van der Waals surface area contributed by atoms with E-state index in [0.29, 0.717) is 6.04 Å². The fourth-order valence-electron chi connectivity index (χ4n) is 2.99. The Morgan fingerprint density at radius 3 is 1.95 bits per heavy atom. The van der Waals surface area contributed by atoms with Crippen LogP contribution in [-0.2, 0) is 0 Å². The molecule has 0 aromatic heterocycles. The van der Waals surface area contributed by atoms with Gasteiger partial charge in [-0.25, -0.2) is 0 Å². The first-order valence-corrected chi connectivity index (χ1v) is 7.56. The molecule has 1 aromatic carbocycles. The molecule has 108 valence electrons. The smallest absolute Gasteiger partial charge is 0.0454 e. The van der Waals surface area contributed by atoms with E-state index < -0.39 is 0 Å². The van der Waals surface area contributed by atoms with Crippen LogP contribution in [-0.4, -0.2) is 31.1 Å². The zero-order valence-corrected chi connectivity index (χ0v) is 13.5. The first-order chi connectivity index (χ1) is 9.03. The fraction of sp³-hybridized carbons (Fsp3) is 0.647. The van der Waals surface area contributed by atoms with Crippen LogP contribution in [0, 0.1) is 20.8 Å². The van der Waals surface area contributed by atoms with Gasteiger partial charge in [-0.3, -0.25) is 0 Å². The number of nitrogens with zero attached hydrogens (tertiary/aromatic N) is 1. The van der Waals surface area contributed by atoms with Gasteiger partial charge in [-0.1, -0.05) is 38.5 Å². The molecule has 0 heterocycles. The van der Waals surface area contributed by atoms with Crippen LogP contribution in [0.5, 0.6) is 0 Å². The summed E-state index contributed by atoms with van der Waals surface area (Å²) in [6.45, 7) is 17.6. The minimum Gasteiger partial charge on any atom is -0.309 e. The molecule has 1 atom stereocenters. The largest absolute Gasteiger partial charge is 0.309 e. The second-order valence-corrected chi connectivity index (χ2v) is 5.41. The van der Waals surface area contributed by atoms with Crippen LogP contribution >= 0.6 is 0 Å². The van der Waals surface area contributed by atoms with Crippen LogP contribution in [0.1, 0.15) is 49.1 Å². The van der Waals surface area contributed by atoms with E-state index in [1.54, 1.807) is 0 Å². The van der Waals surface area contributed by atoms with Crippen LogP contribution in [0.15, 0.2) is 12.1 Å². The van der Waals surface area contributed by atoms with Gasteiger partial charge in [0.15, 0.2) is 0 Å². The molecule has 2 nitrogen and oxygen atoms in total. The second-order valence-electron chi connectivity index (χ2n) is 5.41. The van der Waals surface area contributed by atoms with E-state index in [0.717, 1.165) is 26.2 Å². The van der Waals surface area contributed by atoms with E-state index in [1.165, 1.54) is 22.3 Å². The van der Waals surface area contributed by atoms with Gasteiger partial charge in [-0.2, -0.15) is 0 Å². The van der Waals surface area contributed by atoms with Crippen LogP contribution in [0.3, 0.4) is 0 Å². The Hall–Kier alpha value is -0.860. The summed E-state index contributed by atoms with van der Waals surface area (Å²) < 4.78 is 0. The highest BCUT2D eigenvalue weighted by Crippen LogP contribution is 2.24. The number of aryl methyl sites for hydroxylation is 3. The maximum absolute atomic E-state index is 3.66. The highest BCUT2D eigenvalue weighted by molar-refractivity contribution is 5.39. The van der Waals surface area contributed by atoms with Gasteiger partial charge < -0.3 is 10.2 Å². The highest BCUT2D eigenvalue weighted by atomic mass is 15.1. The maximum atomic E-state index is 3.66. The summed E-state index contributed by atoms with van der Waals surface area (Å²) >= 11 is 0. The van der Waals surface area contributed by atoms with Crippen molar-refractivity contribution in [2.75, 3.05) is 26.2 Å². The minimum absolute atomic E-state index is 0.436. The van der Waals surface area contributed by atoms with Gasteiger partial charge in [0, 0.05) is 12.6 Å². The third kappa shape index (κ3) is 4.32. The molecule has 0 aliphatic carbocycles. The number of likely N-dealkylation sites (N-methyl/N-ethyl adjacent to an activating group) is 2.